The molecule has 3 N–H and O–H groups in total. The van der Waals surface area contributed by atoms with Crippen LogP contribution in [0.1, 0.15) is 17.0 Å². The molecule has 1 aromatic heterocycles. The van der Waals surface area contributed by atoms with Gasteiger partial charge in [0.05, 0.1) is 6.21 Å². The predicted octanol–water partition coefficient (Wildman–Crippen LogP) is 2.35. The van der Waals surface area contributed by atoms with E-state index in [2.05, 4.69) is 38.8 Å². The fourth-order valence-electron chi connectivity index (χ4n) is 1.60. The third kappa shape index (κ3) is 3.89. The Hall–Kier alpha value is -2.21. The highest BCUT2D eigenvalue weighted by molar-refractivity contribution is 7.80. The Morgan fingerprint density at radius 3 is 2.95 bits per heavy atom. The third-order valence-electron chi connectivity index (χ3n) is 2.50. The van der Waals surface area contributed by atoms with Crippen LogP contribution in [-0.2, 0) is 0 Å². The van der Waals surface area contributed by atoms with Gasteiger partial charge in [0.1, 0.15) is 5.82 Å². The fraction of sp³-hybridized carbons (Fsp3) is 0.154. The number of benzene rings is 1. The average molecular weight is 273 g/mol. The lowest BCUT2D eigenvalue weighted by Gasteiger charge is -2.10. The van der Waals surface area contributed by atoms with E-state index in [1.807, 2.05) is 19.1 Å². The highest BCUT2D eigenvalue weighted by Gasteiger charge is 2.00. The van der Waals surface area contributed by atoms with Crippen LogP contribution in [-0.4, -0.2) is 21.3 Å². The van der Waals surface area contributed by atoms with E-state index in [4.69, 9.17) is 12.2 Å². The first-order valence-corrected chi connectivity index (χ1v) is 6.22. The minimum absolute atomic E-state index is 0.440. The van der Waals surface area contributed by atoms with E-state index in [-0.39, 0.29) is 0 Å². The zero-order valence-corrected chi connectivity index (χ0v) is 11.6. The van der Waals surface area contributed by atoms with Gasteiger partial charge < -0.3 is 10.3 Å². The highest BCUT2D eigenvalue weighted by Crippen LogP contribution is 2.15. The largest absolute Gasteiger partial charge is 0.344 e. The first kappa shape index (κ1) is 13.2. The fourth-order valence-corrected chi connectivity index (χ4v) is 1.77. The summed E-state index contributed by atoms with van der Waals surface area (Å²) in [5.74, 6) is 0.668. The molecular formula is C13H15N5S. The maximum absolute atomic E-state index is 5.16. The summed E-state index contributed by atoms with van der Waals surface area (Å²) in [5, 5.41) is 7.52. The van der Waals surface area contributed by atoms with Gasteiger partial charge in [-0.25, -0.2) is 4.98 Å². The summed E-state index contributed by atoms with van der Waals surface area (Å²) in [6.45, 7) is 4.09. The highest BCUT2D eigenvalue weighted by atomic mass is 32.1. The van der Waals surface area contributed by atoms with E-state index in [1.165, 1.54) is 5.56 Å². The zero-order chi connectivity index (χ0) is 13.7. The number of aryl methyl sites for hydroxylation is 2. The monoisotopic (exact) mass is 273 g/mol. The molecule has 0 aliphatic carbocycles. The van der Waals surface area contributed by atoms with Crippen LogP contribution in [0.5, 0.6) is 0 Å². The number of anilines is 1. The molecule has 5 nitrogen and oxygen atoms in total. The number of nitrogens with one attached hydrogen (secondary N) is 3. The maximum Gasteiger partial charge on any atom is 0.191 e. The number of H-pyrrole nitrogens is 1. The Balaban J connectivity index is 1.91. The molecule has 0 saturated carbocycles. The Kier molecular flexibility index (Phi) is 4.25. The average Bonchev–Trinajstić information content (AvgIpc) is 2.86. The normalized spacial score (nSPS) is 10.6. The van der Waals surface area contributed by atoms with Crippen LogP contribution < -0.4 is 10.7 Å². The molecule has 0 aliphatic rings. The van der Waals surface area contributed by atoms with Crippen molar-refractivity contribution in [3.05, 3.63) is 47.5 Å². The first-order chi connectivity index (χ1) is 9.15. The van der Waals surface area contributed by atoms with E-state index in [0.717, 1.165) is 11.3 Å². The first-order valence-electron chi connectivity index (χ1n) is 5.82. The summed E-state index contributed by atoms with van der Waals surface area (Å²) < 4.78 is 0. The number of nitrogens with zero attached hydrogens (tertiary/aromatic N) is 2. The summed E-state index contributed by atoms with van der Waals surface area (Å²) in [6, 6.07) is 6.12. The Morgan fingerprint density at radius 2 is 2.26 bits per heavy atom. The van der Waals surface area contributed by atoms with Crippen LogP contribution in [0.2, 0.25) is 0 Å². The van der Waals surface area contributed by atoms with Gasteiger partial charge in [-0.15, -0.1) is 0 Å². The molecule has 0 spiro atoms. The summed E-state index contributed by atoms with van der Waals surface area (Å²) in [7, 11) is 0. The SMILES string of the molecule is Cc1ccc(NC(=S)N/N=C/c2ncc[nH]2)c(C)c1. The summed E-state index contributed by atoms with van der Waals surface area (Å²) in [6.07, 6.45) is 4.96. The molecule has 1 aromatic carbocycles. The van der Waals surface area contributed by atoms with Gasteiger partial charge >= 0.3 is 0 Å². The van der Waals surface area contributed by atoms with Gasteiger partial charge in [0, 0.05) is 18.1 Å². The lowest BCUT2D eigenvalue weighted by Crippen LogP contribution is -2.24. The Labute approximate surface area is 117 Å². The minimum Gasteiger partial charge on any atom is -0.344 e. The van der Waals surface area contributed by atoms with Crippen molar-refractivity contribution in [3.8, 4) is 0 Å². The molecule has 0 aliphatic heterocycles. The van der Waals surface area contributed by atoms with Gasteiger partial charge in [-0.3, -0.25) is 5.43 Å². The van der Waals surface area contributed by atoms with Gasteiger partial charge in [0.2, 0.25) is 0 Å². The van der Waals surface area contributed by atoms with Crippen LogP contribution in [0.25, 0.3) is 0 Å². The molecule has 0 fully saturated rings. The molecule has 2 rings (SSSR count). The molecule has 0 bridgehead atoms. The molecule has 0 amide bonds. The molecule has 0 unspecified atom stereocenters. The topological polar surface area (TPSA) is 65.1 Å². The van der Waals surface area contributed by atoms with Gasteiger partial charge in [-0.2, -0.15) is 5.10 Å². The number of aromatic nitrogens is 2. The zero-order valence-electron chi connectivity index (χ0n) is 10.8. The molecule has 2 aromatic rings. The number of hydrazone groups is 1. The number of thiocarbonyl (C=S) groups is 1. The van der Waals surface area contributed by atoms with Crippen molar-refractivity contribution in [1.82, 2.24) is 15.4 Å². The number of aromatic amines is 1. The smallest absolute Gasteiger partial charge is 0.191 e. The summed E-state index contributed by atoms with van der Waals surface area (Å²) >= 11 is 5.16. The van der Waals surface area contributed by atoms with Crippen LogP contribution in [0.15, 0.2) is 35.7 Å². The van der Waals surface area contributed by atoms with Crippen LogP contribution in [0, 0.1) is 13.8 Å². The van der Waals surface area contributed by atoms with Crippen molar-refractivity contribution < 1.29 is 0 Å². The Morgan fingerprint density at radius 1 is 1.42 bits per heavy atom. The Bertz CT molecular complexity index is 589. The van der Waals surface area contributed by atoms with Gasteiger partial charge in [-0.05, 0) is 37.7 Å². The minimum atomic E-state index is 0.440. The maximum atomic E-state index is 5.16. The van der Waals surface area contributed by atoms with Crippen molar-refractivity contribution in [2.45, 2.75) is 13.8 Å². The van der Waals surface area contributed by atoms with Crippen molar-refractivity contribution in [3.63, 3.8) is 0 Å². The predicted molar refractivity (Wildman–Crippen MR) is 81.5 cm³/mol. The van der Waals surface area contributed by atoms with Crippen molar-refractivity contribution in [2.24, 2.45) is 5.10 Å². The van der Waals surface area contributed by atoms with Gasteiger partial charge in [0.15, 0.2) is 5.11 Å². The van der Waals surface area contributed by atoms with Crippen LogP contribution in [0.3, 0.4) is 0 Å². The second kappa shape index (κ2) is 6.10. The van der Waals surface area contributed by atoms with Crippen molar-refractivity contribution >= 4 is 29.2 Å². The van der Waals surface area contributed by atoms with Gasteiger partial charge in [-0.1, -0.05) is 17.7 Å². The van der Waals surface area contributed by atoms with E-state index in [9.17, 15) is 0 Å². The molecule has 6 heteroatoms. The molecule has 0 atom stereocenters. The second-order valence-electron chi connectivity index (χ2n) is 4.12. The number of hydrogen-bond donors (Lipinski definition) is 3. The standard InChI is InChI=1S/C13H15N5S/c1-9-3-4-11(10(2)7-9)17-13(19)18-16-8-12-14-5-6-15-12/h3-8H,1-2H3,(H,14,15)(H2,17,18,19)/b16-8+. The molecule has 0 radical (unpaired) electrons. The van der Waals surface area contributed by atoms with Crippen molar-refractivity contribution in [2.75, 3.05) is 5.32 Å². The molecule has 1 heterocycles. The second-order valence-corrected chi connectivity index (χ2v) is 4.53. The lowest BCUT2D eigenvalue weighted by atomic mass is 10.1. The van der Waals surface area contributed by atoms with E-state index < -0.39 is 0 Å². The summed E-state index contributed by atoms with van der Waals surface area (Å²) in [5.41, 5.74) is 6.07. The van der Waals surface area contributed by atoms with E-state index in [1.54, 1.807) is 18.6 Å². The van der Waals surface area contributed by atoms with Gasteiger partial charge in [0.25, 0.3) is 0 Å². The summed E-state index contributed by atoms with van der Waals surface area (Å²) in [4.78, 5) is 6.92. The van der Waals surface area contributed by atoms with E-state index in [0.29, 0.717) is 10.9 Å². The van der Waals surface area contributed by atoms with Crippen LogP contribution >= 0.6 is 12.2 Å². The molecule has 19 heavy (non-hydrogen) atoms. The number of rotatable bonds is 3. The number of imidazole rings is 1. The van der Waals surface area contributed by atoms with Crippen molar-refractivity contribution in [1.29, 1.82) is 0 Å². The molecule has 98 valence electrons. The third-order valence-corrected chi connectivity index (χ3v) is 2.70. The quantitative estimate of drug-likeness (QED) is 0.456. The molecular weight excluding hydrogens is 258 g/mol. The number of hydrogen-bond acceptors (Lipinski definition) is 3. The van der Waals surface area contributed by atoms with Crippen LogP contribution in [0.4, 0.5) is 5.69 Å². The molecule has 0 saturated heterocycles. The van der Waals surface area contributed by atoms with E-state index >= 15 is 0 Å². The lowest BCUT2D eigenvalue weighted by molar-refractivity contribution is 1.04.